The second-order valence-corrected chi connectivity index (χ2v) is 4.94. The van der Waals surface area contributed by atoms with Crippen LogP contribution in [0.1, 0.15) is 31.2 Å². The van der Waals surface area contributed by atoms with Crippen LogP contribution in [0.25, 0.3) is 0 Å². The number of carboxylic acid groups (broad SMARTS) is 1. The molecule has 110 valence electrons. The van der Waals surface area contributed by atoms with Crippen molar-refractivity contribution >= 4 is 5.97 Å². The van der Waals surface area contributed by atoms with E-state index in [9.17, 15) is 9.59 Å². The fourth-order valence-corrected chi connectivity index (χ4v) is 1.79. The van der Waals surface area contributed by atoms with Gasteiger partial charge in [-0.3, -0.25) is 9.59 Å². The smallest absolute Gasteiger partial charge is 0.307 e. The number of aromatic nitrogens is 2. The molecular weight excluding hydrogens is 272 g/mol. The third kappa shape index (κ3) is 4.17. The van der Waals surface area contributed by atoms with E-state index in [0.717, 1.165) is 0 Å². The van der Waals surface area contributed by atoms with Crippen LogP contribution < -0.4 is 10.3 Å². The van der Waals surface area contributed by atoms with Gasteiger partial charge >= 0.3 is 5.97 Å². The van der Waals surface area contributed by atoms with Gasteiger partial charge in [-0.2, -0.15) is 4.98 Å². The van der Waals surface area contributed by atoms with Gasteiger partial charge in [0.05, 0.1) is 12.5 Å². The molecule has 0 fully saturated rings. The first-order valence-electron chi connectivity index (χ1n) is 6.54. The molecule has 0 spiro atoms. The molecule has 2 aromatic rings. The average Bonchev–Trinajstić information content (AvgIpc) is 2.37. The Morgan fingerprint density at radius 1 is 1.38 bits per heavy atom. The quantitative estimate of drug-likeness (QED) is 0.880. The number of carbonyl (C=O) groups is 1. The highest BCUT2D eigenvalue weighted by molar-refractivity contribution is 5.70. The summed E-state index contributed by atoms with van der Waals surface area (Å²) < 4.78 is 5.55. The molecule has 0 aliphatic rings. The first kappa shape index (κ1) is 14.8. The normalized spacial score (nSPS) is 10.6. The monoisotopic (exact) mass is 288 g/mol. The highest BCUT2D eigenvalue weighted by Gasteiger charge is 2.08. The van der Waals surface area contributed by atoms with Crippen LogP contribution in [0.15, 0.2) is 35.1 Å². The van der Waals surface area contributed by atoms with Crippen LogP contribution in [-0.4, -0.2) is 21.0 Å². The van der Waals surface area contributed by atoms with Crippen molar-refractivity contribution in [2.75, 3.05) is 0 Å². The molecular formula is C15H16N2O4. The van der Waals surface area contributed by atoms with Crippen molar-refractivity contribution in [2.24, 2.45) is 0 Å². The van der Waals surface area contributed by atoms with Crippen molar-refractivity contribution in [1.82, 2.24) is 9.97 Å². The van der Waals surface area contributed by atoms with Crippen LogP contribution in [-0.2, 0) is 11.2 Å². The van der Waals surface area contributed by atoms with Crippen LogP contribution >= 0.6 is 0 Å². The largest absolute Gasteiger partial charge is 0.481 e. The second kappa shape index (κ2) is 6.21. The number of nitrogens with one attached hydrogen (secondary N) is 1. The third-order valence-corrected chi connectivity index (χ3v) is 2.76. The molecule has 2 N–H and O–H groups in total. The summed E-state index contributed by atoms with van der Waals surface area (Å²) in [6.07, 6.45) is -0.0861. The van der Waals surface area contributed by atoms with E-state index in [1.165, 1.54) is 6.07 Å². The minimum Gasteiger partial charge on any atom is -0.481 e. The number of hydrogen-bond donors (Lipinski definition) is 2. The SMILES string of the molecule is CC(C)c1nc(Oc2cccc(CC(=O)O)c2)cc(=O)[nH]1. The number of aromatic amines is 1. The predicted molar refractivity (Wildman–Crippen MR) is 76.8 cm³/mol. The predicted octanol–water partition coefficient (Wildman–Crippen LogP) is 2.31. The van der Waals surface area contributed by atoms with Gasteiger partial charge in [0.15, 0.2) is 0 Å². The molecule has 0 saturated carbocycles. The van der Waals surface area contributed by atoms with E-state index in [0.29, 0.717) is 17.1 Å². The van der Waals surface area contributed by atoms with Crippen LogP contribution in [0.5, 0.6) is 11.6 Å². The average molecular weight is 288 g/mol. The number of aliphatic carboxylic acids is 1. The molecule has 1 aromatic carbocycles. The zero-order chi connectivity index (χ0) is 15.4. The van der Waals surface area contributed by atoms with E-state index < -0.39 is 5.97 Å². The Balaban J connectivity index is 2.25. The van der Waals surface area contributed by atoms with E-state index in [1.54, 1.807) is 24.3 Å². The second-order valence-electron chi connectivity index (χ2n) is 4.94. The molecule has 0 radical (unpaired) electrons. The molecule has 0 amide bonds. The van der Waals surface area contributed by atoms with Gasteiger partial charge in [0.1, 0.15) is 11.6 Å². The van der Waals surface area contributed by atoms with Crippen LogP contribution in [0, 0.1) is 0 Å². The number of ether oxygens (including phenoxy) is 1. The fourth-order valence-electron chi connectivity index (χ4n) is 1.79. The van der Waals surface area contributed by atoms with E-state index in [2.05, 4.69) is 9.97 Å². The zero-order valence-corrected chi connectivity index (χ0v) is 11.8. The van der Waals surface area contributed by atoms with Crippen molar-refractivity contribution in [2.45, 2.75) is 26.2 Å². The van der Waals surface area contributed by atoms with E-state index in [1.807, 2.05) is 13.8 Å². The summed E-state index contributed by atoms with van der Waals surface area (Å²) in [4.78, 5) is 29.1. The standard InChI is InChI=1S/C15H16N2O4/c1-9(2)15-16-12(18)8-13(17-15)21-11-5-3-4-10(6-11)7-14(19)20/h3-6,8-9H,7H2,1-2H3,(H,19,20)(H,16,17,18). The minimum absolute atomic E-state index is 0.0691. The lowest BCUT2D eigenvalue weighted by Gasteiger charge is -2.09. The molecule has 0 saturated heterocycles. The number of carboxylic acids is 1. The Labute approximate surface area is 121 Å². The molecule has 0 unspecified atom stereocenters. The summed E-state index contributed by atoms with van der Waals surface area (Å²) >= 11 is 0. The molecule has 0 aliphatic carbocycles. The molecule has 6 heteroatoms. The molecule has 21 heavy (non-hydrogen) atoms. The Bertz CT molecular complexity index is 707. The Morgan fingerprint density at radius 3 is 2.81 bits per heavy atom. The summed E-state index contributed by atoms with van der Waals surface area (Å²) in [5, 5.41) is 8.78. The van der Waals surface area contributed by atoms with Gasteiger partial charge in [0.25, 0.3) is 5.56 Å². The number of rotatable bonds is 5. The molecule has 1 aromatic heterocycles. The third-order valence-electron chi connectivity index (χ3n) is 2.76. The van der Waals surface area contributed by atoms with Gasteiger partial charge < -0.3 is 14.8 Å². The van der Waals surface area contributed by atoms with Crippen LogP contribution in [0.2, 0.25) is 0 Å². The minimum atomic E-state index is -0.913. The Morgan fingerprint density at radius 2 is 2.14 bits per heavy atom. The lowest BCUT2D eigenvalue weighted by Crippen LogP contribution is -2.12. The fraction of sp³-hybridized carbons (Fsp3) is 0.267. The molecule has 6 nitrogen and oxygen atoms in total. The van der Waals surface area contributed by atoms with Crippen molar-refractivity contribution in [1.29, 1.82) is 0 Å². The summed E-state index contributed by atoms with van der Waals surface area (Å²) in [5.41, 5.74) is 0.333. The first-order chi connectivity index (χ1) is 9.94. The summed E-state index contributed by atoms with van der Waals surface area (Å²) in [5.74, 6) is 0.332. The van der Waals surface area contributed by atoms with Crippen molar-refractivity contribution < 1.29 is 14.6 Å². The summed E-state index contributed by atoms with van der Waals surface area (Å²) in [7, 11) is 0. The topological polar surface area (TPSA) is 92.3 Å². The Hall–Kier alpha value is -2.63. The molecule has 2 rings (SSSR count). The maximum absolute atomic E-state index is 11.6. The lowest BCUT2D eigenvalue weighted by molar-refractivity contribution is -0.136. The maximum atomic E-state index is 11.6. The highest BCUT2D eigenvalue weighted by Crippen LogP contribution is 2.21. The summed E-state index contributed by atoms with van der Waals surface area (Å²) in [6.45, 7) is 3.82. The van der Waals surface area contributed by atoms with Crippen molar-refractivity contribution in [3.8, 4) is 11.6 Å². The van der Waals surface area contributed by atoms with Gasteiger partial charge in [-0.1, -0.05) is 26.0 Å². The van der Waals surface area contributed by atoms with Crippen molar-refractivity contribution in [3.05, 3.63) is 52.1 Å². The molecule has 0 aliphatic heterocycles. The number of benzene rings is 1. The number of H-pyrrole nitrogens is 1. The van der Waals surface area contributed by atoms with Gasteiger partial charge in [0.2, 0.25) is 5.88 Å². The van der Waals surface area contributed by atoms with Gasteiger partial charge in [0, 0.05) is 5.92 Å². The number of hydrogen-bond acceptors (Lipinski definition) is 4. The first-order valence-corrected chi connectivity index (χ1v) is 6.54. The number of nitrogens with zero attached hydrogens (tertiary/aromatic N) is 1. The molecule has 0 bridgehead atoms. The highest BCUT2D eigenvalue weighted by atomic mass is 16.5. The Kier molecular flexibility index (Phi) is 4.37. The zero-order valence-electron chi connectivity index (χ0n) is 11.8. The van der Waals surface area contributed by atoms with Crippen LogP contribution in [0.3, 0.4) is 0 Å². The van der Waals surface area contributed by atoms with E-state index >= 15 is 0 Å². The summed E-state index contributed by atoms with van der Waals surface area (Å²) in [6, 6.07) is 7.96. The van der Waals surface area contributed by atoms with Crippen molar-refractivity contribution in [3.63, 3.8) is 0 Å². The van der Waals surface area contributed by atoms with Gasteiger partial charge in [-0.25, -0.2) is 0 Å². The molecule has 1 heterocycles. The van der Waals surface area contributed by atoms with Gasteiger partial charge in [-0.15, -0.1) is 0 Å². The van der Waals surface area contributed by atoms with E-state index in [-0.39, 0.29) is 23.8 Å². The van der Waals surface area contributed by atoms with E-state index in [4.69, 9.17) is 9.84 Å². The van der Waals surface area contributed by atoms with Crippen LogP contribution in [0.4, 0.5) is 0 Å². The van der Waals surface area contributed by atoms with Gasteiger partial charge in [-0.05, 0) is 17.7 Å². The lowest BCUT2D eigenvalue weighted by atomic mass is 10.1. The maximum Gasteiger partial charge on any atom is 0.307 e. The molecule has 0 atom stereocenters.